The normalized spacial score (nSPS) is 9.29. The number of alkyl halides is 3. The van der Waals surface area contributed by atoms with Gasteiger partial charge in [0.05, 0.1) is 0 Å². The molecule has 88 valence electrons. The third kappa shape index (κ3) is 106. The van der Waals surface area contributed by atoms with Crippen molar-refractivity contribution in [2.24, 2.45) is 5.73 Å². The molecule has 0 amide bonds. The first kappa shape index (κ1) is 19.1. The van der Waals surface area contributed by atoms with Crippen LogP contribution in [0.25, 0.3) is 0 Å². The summed E-state index contributed by atoms with van der Waals surface area (Å²) < 4.78 is 31.1. The number of unbranched alkanes of at least 4 members (excludes halogenated alkanes) is 3. The predicted molar refractivity (Wildman–Crippen MR) is 52.0 cm³/mol. The van der Waals surface area contributed by atoms with Crippen LogP contribution in [0.5, 0.6) is 0 Å². The summed E-state index contributed by atoms with van der Waals surface area (Å²) >= 11 is 0. The molecule has 0 unspecified atom stereocenters. The number of hydrogen-bond donors (Lipinski definition) is 1. The van der Waals surface area contributed by atoms with Gasteiger partial charge >= 0.3 is 6.18 Å². The average molecular weight is 215 g/mol. The Balaban J connectivity index is -0.000000152. The molecule has 0 aliphatic rings. The molecule has 0 saturated carbocycles. The summed E-state index contributed by atoms with van der Waals surface area (Å²) in [6, 6.07) is 0. The number of rotatable bonds is 4. The summed E-state index contributed by atoms with van der Waals surface area (Å²) in [5.41, 5.74) is 5.27. The van der Waals surface area contributed by atoms with Crippen LogP contribution >= 0.6 is 0 Å². The summed E-state index contributed by atoms with van der Waals surface area (Å²) in [5.74, 6) is 0. The van der Waals surface area contributed by atoms with E-state index in [0.717, 1.165) is 6.54 Å². The number of hydrogen-bond acceptors (Lipinski definition) is 2. The summed E-state index contributed by atoms with van der Waals surface area (Å²) in [4.78, 5) is 8.00. The van der Waals surface area contributed by atoms with Crippen molar-refractivity contribution in [3.8, 4) is 0 Å². The van der Waals surface area contributed by atoms with E-state index >= 15 is 0 Å². The molecule has 0 rings (SSSR count). The van der Waals surface area contributed by atoms with Crippen LogP contribution in [-0.4, -0.2) is 19.5 Å². The molecule has 0 atom stereocenters. The Bertz CT molecular complexity index is 86.5. The first-order valence-corrected chi connectivity index (χ1v) is 4.47. The molecule has 0 fully saturated rings. The summed E-state index contributed by atoms with van der Waals surface area (Å²) in [6.45, 7) is 5.25. The molecule has 0 saturated heterocycles. The van der Waals surface area contributed by atoms with Crippen LogP contribution in [-0.2, 0) is 4.79 Å². The van der Waals surface area contributed by atoms with Gasteiger partial charge in [-0.2, -0.15) is 13.2 Å². The lowest BCUT2D eigenvalue weighted by atomic mass is 10.2. The van der Waals surface area contributed by atoms with E-state index in [4.69, 9.17) is 10.5 Å². The molecule has 0 bridgehead atoms. The van der Waals surface area contributed by atoms with Gasteiger partial charge in [0.25, 0.3) is 0 Å². The Kier molecular flexibility index (Phi) is 20.3. The van der Waals surface area contributed by atoms with Gasteiger partial charge in [-0.3, -0.25) is 0 Å². The topological polar surface area (TPSA) is 43.1 Å². The largest absolute Gasteiger partial charge is 0.386 e. The van der Waals surface area contributed by atoms with Gasteiger partial charge in [-0.1, -0.05) is 26.2 Å². The third-order valence-electron chi connectivity index (χ3n) is 1.06. The molecule has 0 radical (unpaired) electrons. The van der Waals surface area contributed by atoms with Crippen LogP contribution in [0.15, 0.2) is 0 Å². The van der Waals surface area contributed by atoms with Crippen LogP contribution in [0.2, 0.25) is 0 Å². The van der Waals surface area contributed by atoms with E-state index in [1.54, 1.807) is 0 Å². The van der Waals surface area contributed by atoms with Crippen molar-refractivity contribution in [3.05, 3.63) is 0 Å². The maximum atomic E-state index is 10.4. The molecule has 2 N–H and O–H groups in total. The number of halogens is 3. The fourth-order valence-corrected chi connectivity index (χ4v) is 0.571. The average Bonchev–Trinajstić information content (AvgIpc) is 2.06. The SMILES string of the molecule is C=O.CC(F)(F)F.CCCCCCN. The van der Waals surface area contributed by atoms with E-state index < -0.39 is 6.18 Å². The Labute approximate surface area is 83.7 Å². The molecule has 0 heterocycles. The highest BCUT2D eigenvalue weighted by Crippen LogP contribution is 2.10. The molecule has 0 aliphatic carbocycles. The minimum atomic E-state index is -4.00. The van der Waals surface area contributed by atoms with Crippen molar-refractivity contribution in [1.82, 2.24) is 0 Å². The van der Waals surface area contributed by atoms with Gasteiger partial charge in [0.1, 0.15) is 6.79 Å². The van der Waals surface area contributed by atoms with Crippen molar-refractivity contribution in [1.29, 1.82) is 0 Å². The highest BCUT2D eigenvalue weighted by Gasteiger charge is 2.15. The third-order valence-corrected chi connectivity index (χ3v) is 1.06. The van der Waals surface area contributed by atoms with Crippen molar-refractivity contribution >= 4 is 6.79 Å². The molecule has 0 aromatic carbocycles. The Morgan fingerprint density at radius 3 is 1.71 bits per heavy atom. The van der Waals surface area contributed by atoms with Gasteiger partial charge in [0.15, 0.2) is 0 Å². The van der Waals surface area contributed by atoms with Crippen molar-refractivity contribution < 1.29 is 18.0 Å². The molecule has 2 nitrogen and oxygen atoms in total. The summed E-state index contributed by atoms with van der Waals surface area (Å²) in [6.07, 6.45) is 1.16. The lowest BCUT2D eigenvalue weighted by Crippen LogP contribution is -1.97. The zero-order valence-electron chi connectivity index (χ0n) is 8.86. The van der Waals surface area contributed by atoms with Crippen LogP contribution in [0.4, 0.5) is 13.2 Å². The highest BCUT2D eigenvalue weighted by atomic mass is 19.4. The molecule has 14 heavy (non-hydrogen) atoms. The number of nitrogens with two attached hydrogens (primary N) is 1. The molecule has 0 spiro atoms. The highest BCUT2D eigenvalue weighted by molar-refractivity contribution is 5.10. The zero-order valence-corrected chi connectivity index (χ0v) is 8.86. The lowest BCUT2D eigenvalue weighted by molar-refractivity contribution is -0.110. The van der Waals surface area contributed by atoms with Crippen LogP contribution in [0.1, 0.15) is 39.5 Å². The number of carbonyl (C=O) groups excluding carboxylic acids is 1. The maximum Gasteiger partial charge on any atom is 0.386 e. The van der Waals surface area contributed by atoms with Gasteiger partial charge in [0, 0.05) is 6.92 Å². The van der Waals surface area contributed by atoms with E-state index in [9.17, 15) is 13.2 Å². The van der Waals surface area contributed by atoms with E-state index in [1.165, 1.54) is 25.7 Å². The van der Waals surface area contributed by atoms with Gasteiger partial charge in [-0.25, -0.2) is 0 Å². The van der Waals surface area contributed by atoms with Crippen LogP contribution in [0.3, 0.4) is 0 Å². The Morgan fingerprint density at radius 2 is 1.50 bits per heavy atom. The van der Waals surface area contributed by atoms with Crippen molar-refractivity contribution in [3.63, 3.8) is 0 Å². The van der Waals surface area contributed by atoms with Gasteiger partial charge in [-0.15, -0.1) is 0 Å². The van der Waals surface area contributed by atoms with Gasteiger partial charge in [-0.05, 0) is 13.0 Å². The lowest BCUT2D eigenvalue weighted by Gasteiger charge is -1.90. The van der Waals surface area contributed by atoms with E-state index in [1.807, 2.05) is 6.79 Å². The van der Waals surface area contributed by atoms with E-state index in [0.29, 0.717) is 0 Å². The second-order valence-electron chi connectivity index (χ2n) is 2.63. The van der Waals surface area contributed by atoms with Gasteiger partial charge < -0.3 is 10.5 Å². The Morgan fingerprint density at radius 1 is 1.14 bits per heavy atom. The zero-order chi connectivity index (χ0) is 12.0. The monoisotopic (exact) mass is 215 g/mol. The second kappa shape index (κ2) is 14.9. The molecular weight excluding hydrogens is 195 g/mol. The number of carbonyl (C=O) groups is 1. The molecule has 0 aromatic rings. The first-order valence-electron chi connectivity index (χ1n) is 4.47. The first-order chi connectivity index (χ1) is 6.41. The van der Waals surface area contributed by atoms with Crippen LogP contribution < -0.4 is 5.73 Å². The van der Waals surface area contributed by atoms with Crippen LogP contribution in [0, 0.1) is 0 Å². The van der Waals surface area contributed by atoms with E-state index in [-0.39, 0.29) is 6.92 Å². The second-order valence-corrected chi connectivity index (χ2v) is 2.63. The molecule has 5 heteroatoms. The smallest absolute Gasteiger partial charge is 0.330 e. The molecular formula is C9H20F3NO. The fourth-order valence-electron chi connectivity index (χ4n) is 0.571. The standard InChI is InChI=1S/C6H15N.C2H3F3.CH2O/c1-2-3-4-5-6-7;1-2(3,4)5;1-2/h2-7H2,1H3;1H3;1H2. The minimum Gasteiger partial charge on any atom is -0.330 e. The minimum absolute atomic E-state index is 0.188. The van der Waals surface area contributed by atoms with Crippen molar-refractivity contribution in [2.75, 3.05) is 6.54 Å². The maximum absolute atomic E-state index is 10.4. The summed E-state index contributed by atoms with van der Waals surface area (Å²) in [7, 11) is 0. The molecule has 0 aromatic heterocycles. The van der Waals surface area contributed by atoms with Crippen molar-refractivity contribution in [2.45, 2.75) is 45.7 Å². The molecule has 0 aliphatic heterocycles. The fraction of sp³-hybridized carbons (Fsp3) is 0.889. The summed E-state index contributed by atoms with van der Waals surface area (Å²) in [5, 5.41) is 0. The Hall–Kier alpha value is -0.580. The quantitative estimate of drug-likeness (QED) is 0.733. The predicted octanol–water partition coefficient (Wildman–Crippen LogP) is 2.91. The van der Waals surface area contributed by atoms with Gasteiger partial charge in [0.2, 0.25) is 0 Å². The van der Waals surface area contributed by atoms with E-state index in [2.05, 4.69) is 6.92 Å².